The third-order valence-electron chi connectivity index (χ3n) is 2.21. The number of carbonyl (C=O) groups excluding carboxylic acids is 2. The topological polar surface area (TPSA) is 84.7 Å². The zero-order chi connectivity index (χ0) is 12.6. The lowest BCUT2D eigenvalue weighted by Gasteiger charge is -2.19. The Morgan fingerprint density at radius 3 is 2.38 bits per heavy atom. The molecule has 0 aromatic carbocycles. The number of methoxy groups -OCH3 is 1. The summed E-state index contributed by atoms with van der Waals surface area (Å²) in [6.45, 7) is 5.17. The molecule has 0 heterocycles. The van der Waals surface area contributed by atoms with Gasteiger partial charge in [0.05, 0.1) is 13.2 Å². The van der Waals surface area contributed by atoms with Crippen LogP contribution in [0.1, 0.15) is 13.8 Å². The van der Waals surface area contributed by atoms with Crippen LogP contribution in [0.25, 0.3) is 0 Å². The van der Waals surface area contributed by atoms with Crippen molar-refractivity contribution in [2.75, 3.05) is 33.4 Å². The lowest BCUT2D eigenvalue weighted by molar-refractivity contribution is -0.133. The number of amides is 2. The van der Waals surface area contributed by atoms with Crippen LogP contribution in [0.2, 0.25) is 0 Å². The van der Waals surface area contributed by atoms with E-state index < -0.39 is 6.04 Å². The Hall–Kier alpha value is -1.14. The van der Waals surface area contributed by atoms with Crippen molar-refractivity contribution in [3.63, 3.8) is 0 Å². The number of nitrogens with two attached hydrogens (primary N) is 1. The first-order chi connectivity index (χ1) is 7.56. The van der Waals surface area contributed by atoms with Gasteiger partial charge in [0, 0.05) is 20.2 Å². The monoisotopic (exact) mass is 231 g/mol. The van der Waals surface area contributed by atoms with Gasteiger partial charge in [0.1, 0.15) is 6.04 Å². The van der Waals surface area contributed by atoms with E-state index in [4.69, 9.17) is 10.5 Å². The van der Waals surface area contributed by atoms with Gasteiger partial charge in [-0.25, -0.2) is 0 Å². The summed E-state index contributed by atoms with van der Waals surface area (Å²) in [7, 11) is 1.47. The molecule has 1 atom stereocenters. The smallest absolute Gasteiger partial charge is 0.241 e. The molecule has 0 rings (SSSR count). The third kappa shape index (κ3) is 5.09. The molecule has 0 radical (unpaired) electrons. The van der Waals surface area contributed by atoms with Gasteiger partial charge in [0.25, 0.3) is 0 Å². The van der Waals surface area contributed by atoms with E-state index in [0.29, 0.717) is 13.1 Å². The summed E-state index contributed by atoms with van der Waals surface area (Å²) >= 11 is 0. The number of hydrogen-bond donors (Lipinski definition) is 2. The number of likely N-dealkylation sites (N-methyl/N-ethyl adjacent to an activating group) is 1. The Labute approximate surface area is 96.1 Å². The highest BCUT2D eigenvalue weighted by Gasteiger charge is 2.15. The number of carbonyl (C=O) groups is 2. The van der Waals surface area contributed by atoms with E-state index in [1.54, 1.807) is 4.90 Å². The highest BCUT2D eigenvalue weighted by atomic mass is 16.5. The molecule has 0 saturated carbocycles. The van der Waals surface area contributed by atoms with Gasteiger partial charge >= 0.3 is 0 Å². The molecule has 94 valence electrons. The van der Waals surface area contributed by atoms with Crippen LogP contribution in [0.4, 0.5) is 0 Å². The van der Waals surface area contributed by atoms with Crippen LogP contribution in [0, 0.1) is 0 Å². The van der Waals surface area contributed by atoms with Crippen molar-refractivity contribution in [3.05, 3.63) is 0 Å². The van der Waals surface area contributed by atoms with Gasteiger partial charge in [-0.2, -0.15) is 0 Å². The number of nitrogens with zero attached hydrogens (tertiary/aromatic N) is 1. The molecule has 0 aliphatic rings. The van der Waals surface area contributed by atoms with Crippen molar-refractivity contribution in [2.45, 2.75) is 19.9 Å². The number of ether oxygens (including phenoxy) is 1. The van der Waals surface area contributed by atoms with Gasteiger partial charge in [-0.1, -0.05) is 0 Å². The van der Waals surface area contributed by atoms with E-state index in [-0.39, 0.29) is 25.0 Å². The Morgan fingerprint density at radius 1 is 1.38 bits per heavy atom. The van der Waals surface area contributed by atoms with E-state index in [0.717, 1.165) is 0 Å². The van der Waals surface area contributed by atoms with Crippen molar-refractivity contribution in [2.24, 2.45) is 5.73 Å². The lowest BCUT2D eigenvalue weighted by Crippen LogP contribution is -2.47. The molecule has 1 unspecified atom stereocenters. The fraction of sp³-hybridized carbons (Fsp3) is 0.800. The molecule has 0 spiro atoms. The Kier molecular flexibility index (Phi) is 7.49. The maximum absolute atomic E-state index is 11.5. The summed E-state index contributed by atoms with van der Waals surface area (Å²) in [6, 6.07) is -0.727. The average molecular weight is 231 g/mol. The van der Waals surface area contributed by atoms with E-state index in [1.165, 1.54) is 7.11 Å². The van der Waals surface area contributed by atoms with Gasteiger partial charge in [-0.15, -0.1) is 0 Å². The van der Waals surface area contributed by atoms with Gasteiger partial charge < -0.3 is 20.7 Å². The van der Waals surface area contributed by atoms with Gasteiger partial charge in [0.2, 0.25) is 11.8 Å². The molecule has 0 aromatic heterocycles. The van der Waals surface area contributed by atoms with Gasteiger partial charge in [0.15, 0.2) is 0 Å². The van der Waals surface area contributed by atoms with E-state index in [1.807, 2.05) is 13.8 Å². The Balaban J connectivity index is 3.95. The third-order valence-corrected chi connectivity index (χ3v) is 2.21. The molecular formula is C10H21N3O3. The van der Waals surface area contributed by atoms with Crippen LogP contribution < -0.4 is 11.1 Å². The highest BCUT2D eigenvalue weighted by molar-refractivity contribution is 5.87. The second-order valence-electron chi connectivity index (χ2n) is 3.35. The first-order valence-corrected chi connectivity index (χ1v) is 5.36. The van der Waals surface area contributed by atoms with Crippen LogP contribution in [0.15, 0.2) is 0 Å². The standard InChI is InChI=1S/C10H21N3O3/c1-4-13(5-2)9(14)6-12-10(15)8(11)7-16-3/h8H,4-7,11H2,1-3H3,(H,12,15). The summed E-state index contributed by atoms with van der Waals surface area (Å²) in [5.74, 6) is -0.481. The molecule has 2 amide bonds. The zero-order valence-corrected chi connectivity index (χ0v) is 10.2. The SMILES string of the molecule is CCN(CC)C(=O)CNC(=O)C(N)COC. The first kappa shape index (κ1) is 14.9. The fourth-order valence-electron chi connectivity index (χ4n) is 1.24. The Bertz CT molecular complexity index is 229. The predicted molar refractivity (Wildman–Crippen MR) is 60.8 cm³/mol. The molecule has 6 nitrogen and oxygen atoms in total. The minimum Gasteiger partial charge on any atom is -0.383 e. The van der Waals surface area contributed by atoms with Gasteiger partial charge in [-0.05, 0) is 13.8 Å². The number of hydrogen-bond acceptors (Lipinski definition) is 4. The molecule has 6 heteroatoms. The van der Waals surface area contributed by atoms with Crippen molar-refractivity contribution >= 4 is 11.8 Å². The van der Waals surface area contributed by atoms with Crippen molar-refractivity contribution in [1.29, 1.82) is 0 Å². The molecule has 0 aliphatic heterocycles. The normalized spacial score (nSPS) is 12.0. The second kappa shape index (κ2) is 8.06. The lowest BCUT2D eigenvalue weighted by atomic mass is 10.3. The summed E-state index contributed by atoms with van der Waals surface area (Å²) < 4.78 is 4.74. The molecular weight excluding hydrogens is 210 g/mol. The van der Waals surface area contributed by atoms with Crippen LogP contribution >= 0.6 is 0 Å². The number of nitrogens with one attached hydrogen (secondary N) is 1. The van der Waals surface area contributed by atoms with Crippen molar-refractivity contribution in [1.82, 2.24) is 10.2 Å². The Morgan fingerprint density at radius 2 is 1.94 bits per heavy atom. The van der Waals surface area contributed by atoms with E-state index in [9.17, 15) is 9.59 Å². The maximum Gasteiger partial charge on any atom is 0.241 e. The minimum atomic E-state index is -0.727. The quantitative estimate of drug-likeness (QED) is 0.585. The second-order valence-corrected chi connectivity index (χ2v) is 3.35. The van der Waals surface area contributed by atoms with E-state index in [2.05, 4.69) is 5.32 Å². The van der Waals surface area contributed by atoms with Crippen LogP contribution in [-0.2, 0) is 14.3 Å². The molecule has 0 aromatic rings. The van der Waals surface area contributed by atoms with E-state index >= 15 is 0 Å². The maximum atomic E-state index is 11.5. The molecule has 3 N–H and O–H groups in total. The molecule has 0 saturated heterocycles. The molecule has 16 heavy (non-hydrogen) atoms. The summed E-state index contributed by atoms with van der Waals surface area (Å²) in [6.07, 6.45) is 0. The largest absolute Gasteiger partial charge is 0.383 e. The molecule has 0 bridgehead atoms. The highest BCUT2D eigenvalue weighted by Crippen LogP contribution is 1.88. The summed E-state index contributed by atoms with van der Waals surface area (Å²) in [5.41, 5.74) is 5.49. The fourth-order valence-corrected chi connectivity index (χ4v) is 1.24. The molecule has 0 aliphatic carbocycles. The van der Waals surface area contributed by atoms with Crippen molar-refractivity contribution < 1.29 is 14.3 Å². The minimum absolute atomic E-state index is 0.0159. The summed E-state index contributed by atoms with van der Waals surface area (Å²) in [5, 5.41) is 2.48. The van der Waals surface area contributed by atoms with Crippen LogP contribution in [0.5, 0.6) is 0 Å². The van der Waals surface area contributed by atoms with Crippen LogP contribution in [0.3, 0.4) is 0 Å². The predicted octanol–water partition coefficient (Wildman–Crippen LogP) is -1.06. The average Bonchev–Trinajstić information content (AvgIpc) is 2.27. The van der Waals surface area contributed by atoms with Crippen LogP contribution in [-0.4, -0.2) is 56.1 Å². The van der Waals surface area contributed by atoms with Gasteiger partial charge in [-0.3, -0.25) is 9.59 Å². The molecule has 0 fully saturated rings. The zero-order valence-electron chi connectivity index (χ0n) is 10.2. The first-order valence-electron chi connectivity index (χ1n) is 5.36. The number of rotatable bonds is 7. The van der Waals surface area contributed by atoms with Crippen molar-refractivity contribution in [3.8, 4) is 0 Å². The summed E-state index contributed by atoms with van der Waals surface area (Å²) in [4.78, 5) is 24.5.